The number of aliphatic hydroxyl groups excluding tert-OH is 1. The SMILES string of the molecule is O=P(O)(O)C[C@H]1O[C@H](CO)[C@@H](OCc2ccccc2)[C@@H]1OCc1ccccc1. The fourth-order valence-electron chi connectivity index (χ4n) is 3.27. The van der Waals surface area contributed by atoms with Crippen molar-refractivity contribution in [3.8, 4) is 0 Å². The van der Waals surface area contributed by atoms with Gasteiger partial charge in [0.1, 0.15) is 18.3 Å². The van der Waals surface area contributed by atoms with Gasteiger partial charge < -0.3 is 29.1 Å². The van der Waals surface area contributed by atoms with E-state index < -0.39 is 38.2 Å². The van der Waals surface area contributed by atoms with E-state index in [1.165, 1.54) is 0 Å². The van der Waals surface area contributed by atoms with E-state index in [4.69, 9.17) is 14.2 Å². The van der Waals surface area contributed by atoms with Crippen molar-refractivity contribution >= 4 is 7.60 Å². The molecule has 2 aromatic rings. The second kappa shape index (κ2) is 9.76. The summed E-state index contributed by atoms with van der Waals surface area (Å²) >= 11 is 0. The van der Waals surface area contributed by atoms with Crippen LogP contribution < -0.4 is 0 Å². The molecule has 0 amide bonds. The highest BCUT2D eigenvalue weighted by molar-refractivity contribution is 7.51. The van der Waals surface area contributed by atoms with Crippen LogP contribution in [0.25, 0.3) is 0 Å². The van der Waals surface area contributed by atoms with Gasteiger partial charge in [-0.2, -0.15) is 0 Å². The third kappa shape index (κ3) is 5.96. The number of rotatable bonds is 9. The van der Waals surface area contributed by atoms with Crippen molar-refractivity contribution in [3.63, 3.8) is 0 Å². The minimum Gasteiger partial charge on any atom is -0.394 e. The fraction of sp³-hybridized carbons (Fsp3) is 0.400. The van der Waals surface area contributed by atoms with Gasteiger partial charge in [-0.15, -0.1) is 0 Å². The Labute approximate surface area is 164 Å². The van der Waals surface area contributed by atoms with E-state index in [1.54, 1.807) is 0 Å². The molecule has 152 valence electrons. The number of benzene rings is 2. The molecule has 1 aliphatic heterocycles. The lowest BCUT2D eigenvalue weighted by Gasteiger charge is -2.25. The summed E-state index contributed by atoms with van der Waals surface area (Å²) in [4.78, 5) is 18.8. The molecule has 4 atom stereocenters. The summed E-state index contributed by atoms with van der Waals surface area (Å²) in [5, 5.41) is 9.70. The Morgan fingerprint density at radius 1 is 0.821 bits per heavy atom. The lowest BCUT2D eigenvalue weighted by atomic mass is 10.1. The third-order valence-corrected chi connectivity index (χ3v) is 5.41. The second-order valence-electron chi connectivity index (χ2n) is 6.77. The van der Waals surface area contributed by atoms with Gasteiger partial charge in [0.25, 0.3) is 0 Å². The second-order valence-corrected chi connectivity index (χ2v) is 8.46. The standard InChI is InChI=1S/C20H25O7P/c21-11-17-19(25-12-15-7-3-1-4-8-15)20(18(27-17)14-28(22,23)24)26-13-16-9-5-2-6-10-16/h1-10,17-21H,11-14H2,(H2,22,23,24)/t17-,18-,19-,20-/m1/s1. The molecule has 3 N–H and O–H groups in total. The van der Waals surface area contributed by atoms with Crippen LogP contribution in [0, 0.1) is 0 Å². The first-order valence-electron chi connectivity index (χ1n) is 9.08. The van der Waals surface area contributed by atoms with Crippen LogP contribution in [0.2, 0.25) is 0 Å². The van der Waals surface area contributed by atoms with Crippen molar-refractivity contribution in [1.29, 1.82) is 0 Å². The number of aliphatic hydroxyl groups is 1. The Hall–Kier alpha value is -1.57. The molecule has 0 radical (unpaired) electrons. The molecule has 0 aromatic heterocycles. The fourth-order valence-corrected chi connectivity index (χ4v) is 4.03. The molecule has 1 fully saturated rings. The van der Waals surface area contributed by atoms with Crippen molar-refractivity contribution in [3.05, 3.63) is 71.8 Å². The molecule has 1 saturated heterocycles. The van der Waals surface area contributed by atoms with Gasteiger partial charge in [0.15, 0.2) is 0 Å². The highest BCUT2D eigenvalue weighted by Crippen LogP contribution is 2.40. The molecule has 28 heavy (non-hydrogen) atoms. The molecule has 0 unspecified atom stereocenters. The molecule has 2 aromatic carbocycles. The molecule has 0 bridgehead atoms. The van der Waals surface area contributed by atoms with Gasteiger partial charge in [0, 0.05) is 0 Å². The van der Waals surface area contributed by atoms with Crippen LogP contribution in [0.5, 0.6) is 0 Å². The zero-order valence-corrected chi connectivity index (χ0v) is 16.2. The summed E-state index contributed by atoms with van der Waals surface area (Å²) in [6, 6.07) is 19.0. The Morgan fingerprint density at radius 3 is 1.71 bits per heavy atom. The van der Waals surface area contributed by atoms with Crippen molar-refractivity contribution in [1.82, 2.24) is 0 Å². The van der Waals surface area contributed by atoms with Crippen LogP contribution in [0.15, 0.2) is 60.7 Å². The van der Waals surface area contributed by atoms with Gasteiger partial charge in [0.05, 0.1) is 32.1 Å². The third-order valence-electron chi connectivity index (χ3n) is 4.57. The minimum atomic E-state index is -4.33. The first-order chi connectivity index (χ1) is 13.5. The van der Waals surface area contributed by atoms with E-state index in [1.807, 2.05) is 60.7 Å². The lowest BCUT2D eigenvalue weighted by molar-refractivity contribution is -0.0828. The van der Waals surface area contributed by atoms with Gasteiger partial charge in [-0.1, -0.05) is 60.7 Å². The summed E-state index contributed by atoms with van der Waals surface area (Å²) in [7, 11) is -4.33. The van der Waals surface area contributed by atoms with E-state index in [2.05, 4.69) is 0 Å². The summed E-state index contributed by atoms with van der Waals surface area (Å²) in [5.74, 6) is 0. The van der Waals surface area contributed by atoms with Gasteiger partial charge in [-0.05, 0) is 11.1 Å². The monoisotopic (exact) mass is 408 g/mol. The summed E-state index contributed by atoms with van der Waals surface area (Å²) in [6.07, 6.45) is -3.45. The van der Waals surface area contributed by atoms with E-state index in [-0.39, 0.29) is 19.8 Å². The van der Waals surface area contributed by atoms with Crippen LogP contribution in [0.3, 0.4) is 0 Å². The van der Waals surface area contributed by atoms with E-state index in [0.717, 1.165) is 11.1 Å². The predicted molar refractivity (Wildman–Crippen MR) is 103 cm³/mol. The molecular weight excluding hydrogens is 383 g/mol. The molecular formula is C20H25O7P. The van der Waals surface area contributed by atoms with Crippen LogP contribution in [0.4, 0.5) is 0 Å². The normalized spacial score (nSPS) is 25.1. The Morgan fingerprint density at radius 2 is 1.29 bits per heavy atom. The van der Waals surface area contributed by atoms with Crippen molar-refractivity contribution in [2.75, 3.05) is 12.8 Å². The average molecular weight is 408 g/mol. The molecule has 3 rings (SSSR count). The van der Waals surface area contributed by atoms with Gasteiger partial charge in [0.2, 0.25) is 0 Å². The summed E-state index contributed by atoms with van der Waals surface area (Å²) in [5.41, 5.74) is 1.87. The lowest BCUT2D eigenvalue weighted by Crippen LogP contribution is -2.39. The topological polar surface area (TPSA) is 105 Å². The van der Waals surface area contributed by atoms with Crippen LogP contribution >= 0.6 is 7.60 Å². The highest BCUT2D eigenvalue weighted by atomic mass is 31.2. The van der Waals surface area contributed by atoms with Gasteiger partial charge >= 0.3 is 7.60 Å². The molecule has 8 heteroatoms. The number of ether oxygens (including phenoxy) is 3. The van der Waals surface area contributed by atoms with Crippen molar-refractivity contribution < 1.29 is 33.7 Å². The van der Waals surface area contributed by atoms with Gasteiger partial charge in [-0.3, -0.25) is 4.57 Å². The maximum atomic E-state index is 11.5. The minimum absolute atomic E-state index is 0.246. The molecule has 1 heterocycles. The van der Waals surface area contributed by atoms with E-state index in [0.29, 0.717) is 0 Å². The maximum absolute atomic E-state index is 11.5. The van der Waals surface area contributed by atoms with E-state index in [9.17, 15) is 19.5 Å². The average Bonchev–Trinajstić information content (AvgIpc) is 3.01. The predicted octanol–water partition coefficient (Wildman–Crippen LogP) is 2.09. The van der Waals surface area contributed by atoms with Gasteiger partial charge in [-0.25, -0.2) is 0 Å². The smallest absolute Gasteiger partial charge is 0.328 e. The zero-order valence-electron chi connectivity index (χ0n) is 15.3. The van der Waals surface area contributed by atoms with Crippen LogP contribution in [-0.2, 0) is 32.0 Å². The highest BCUT2D eigenvalue weighted by Gasteiger charge is 2.48. The van der Waals surface area contributed by atoms with Crippen molar-refractivity contribution in [2.24, 2.45) is 0 Å². The van der Waals surface area contributed by atoms with Crippen molar-refractivity contribution in [2.45, 2.75) is 37.6 Å². The summed E-state index contributed by atoms with van der Waals surface area (Å²) in [6.45, 7) is 0.192. The number of hydrogen-bond acceptors (Lipinski definition) is 5. The molecule has 0 saturated carbocycles. The largest absolute Gasteiger partial charge is 0.394 e. The molecule has 0 spiro atoms. The Balaban J connectivity index is 1.74. The van der Waals surface area contributed by atoms with Crippen LogP contribution in [0.1, 0.15) is 11.1 Å². The molecule has 1 aliphatic rings. The Bertz CT molecular complexity index is 765. The van der Waals surface area contributed by atoms with Crippen LogP contribution in [-0.4, -0.2) is 52.1 Å². The first-order valence-corrected chi connectivity index (χ1v) is 10.9. The van der Waals surface area contributed by atoms with E-state index >= 15 is 0 Å². The number of hydrogen-bond donors (Lipinski definition) is 3. The maximum Gasteiger partial charge on any atom is 0.328 e. The summed E-state index contributed by atoms with van der Waals surface area (Å²) < 4.78 is 29.2. The molecule has 7 nitrogen and oxygen atoms in total. The Kier molecular flexibility index (Phi) is 7.37. The first kappa shape index (κ1) is 21.1. The quantitative estimate of drug-likeness (QED) is 0.546. The zero-order chi connectivity index (χ0) is 20.0. The molecule has 0 aliphatic carbocycles.